The molecule has 0 bridgehead atoms. The Hall–Kier alpha value is -3.32. The number of benzene rings is 2. The standard InChI is InChI=1S/C29H35NO6/c1-18(2)13-15-36-23-12-11-21(16-24(23)34-4)26-25(27(31)20-9-7-19(3)8-10-20)28(32)29(33)30(26)17-22-6-5-14-35-22/h7-12,16,18,22,26,31H,5-6,13-15,17H2,1-4H3/b27-25+. The van der Waals surface area contributed by atoms with Crippen molar-refractivity contribution >= 4 is 17.4 Å². The molecule has 36 heavy (non-hydrogen) atoms. The predicted molar refractivity (Wildman–Crippen MR) is 137 cm³/mol. The van der Waals surface area contributed by atoms with E-state index in [-0.39, 0.29) is 24.0 Å². The number of amides is 1. The number of nitrogens with zero attached hydrogens (tertiary/aromatic N) is 1. The molecule has 0 saturated carbocycles. The zero-order valence-corrected chi connectivity index (χ0v) is 21.5. The maximum atomic E-state index is 13.3. The Morgan fingerprint density at radius 2 is 1.89 bits per heavy atom. The number of aryl methyl sites for hydroxylation is 1. The molecule has 2 fully saturated rings. The number of methoxy groups -OCH3 is 1. The van der Waals surface area contributed by atoms with Gasteiger partial charge in [0.2, 0.25) is 0 Å². The summed E-state index contributed by atoms with van der Waals surface area (Å²) < 4.78 is 17.3. The highest BCUT2D eigenvalue weighted by Crippen LogP contribution is 2.42. The van der Waals surface area contributed by atoms with Gasteiger partial charge in [0.15, 0.2) is 11.5 Å². The minimum Gasteiger partial charge on any atom is -0.507 e. The number of aliphatic hydroxyl groups excluding tert-OH is 1. The minimum absolute atomic E-state index is 0.0670. The maximum absolute atomic E-state index is 13.3. The Labute approximate surface area is 212 Å². The van der Waals surface area contributed by atoms with E-state index in [9.17, 15) is 14.7 Å². The number of carbonyl (C=O) groups is 2. The molecule has 0 aromatic heterocycles. The van der Waals surface area contributed by atoms with Crippen LogP contribution in [0.25, 0.3) is 5.76 Å². The fourth-order valence-corrected chi connectivity index (χ4v) is 4.67. The van der Waals surface area contributed by atoms with Gasteiger partial charge in [-0.05, 0) is 49.8 Å². The molecule has 2 aromatic carbocycles. The molecule has 2 heterocycles. The van der Waals surface area contributed by atoms with E-state index >= 15 is 0 Å². The predicted octanol–water partition coefficient (Wildman–Crippen LogP) is 5.03. The smallest absolute Gasteiger partial charge is 0.295 e. The zero-order valence-electron chi connectivity index (χ0n) is 21.5. The molecular weight excluding hydrogens is 458 g/mol. The third kappa shape index (κ3) is 5.41. The summed E-state index contributed by atoms with van der Waals surface area (Å²) in [6.45, 7) is 7.68. The molecule has 2 atom stereocenters. The van der Waals surface area contributed by atoms with Gasteiger partial charge in [-0.1, -0.05) is 49.7 Å². The van der Waals surface area contributed by atoms with Gasteiger partial charge >= 0.3 is 0 Å². The van der Waals surface area contributed by atoms with Gasteiger partial charge in [0.1, 0.15) is 5.76 Å². The Morgan fingerprint density at radius 3 is 2.53 bits per heavy atom. The van der Waals surface area contributed by atoms with Crippen LogP contribution in [-0.2, 0) is 14.3 Å². The van der Waals surface area contributed by atoms with Crippen LogP contribution in [0.2, 0.25) is 0 Å². The van der Waals surface area contributed by atoms with Crippen molar-refractivity contribution in [1.29, 1.82) is 0 Å². The first-order valence-corrected chi connectivity index (χ1v) is 12.6. The van der Waals surface area contributed by atoms with Crippen LogP contribution < -0.4 is 9.47 Å². The molecule has 2 aliphatic rings. The van der Waals surface area contributed by atoms with Crippen LogP contribution in [0.15, 0.2) is 48.0 Å². The number of likely N-dealkylation sites (tertiary alicyclic amines) is 1. The van der Waals surface area contributed by atoms with Crippen molar-refractivity contribution in [3.8, 4) is 11.5 Å². The molecule has 2 unspecified atom stereocenters. The highest BCUT2D eigenvalue weighted by Gasteiger charge is 2.47. The third-order valence-electron chi connectivity index (χ3n) is 6.75. The van der Waals surface area contributed by atoms with Gasteiger partial charge < -0.3 is 24.2 Å². The molecule has 4 rings (SSSR count). The highest BCUT2D eigenvalue weighted by molar-refractivity contribution is 6.46. The van der Waals surface area contributed by atoms with Gasteiger partial charge in [0.05, 0.1) is 31.4 Å². The van der Waals surface area contributed by atoms with Crippen molar-refractivity contribution in [2.75, 3.05) is 26.9 Å². The van der Waals surface area contributed by atoms with Gasteiger partial charge in [-0.25, -0.2) is 0 Å². The Balaban J connectivity index is 1.76. The lowest BCUT2D eigenvalue weighted by Gasteiger charge is -2.28. The van der Waals surface area contributed by atoms with E-state index in [1.807, 2.05) is 25.1 Å². The van der Waals surface area contributed by atoms with Gasteiger partial charge in [0, 0.05) is 18.7 Å². The lowest BCUT2D eigenvalue weighted by atomic mass is 9.94. The molecule has 0 aliphatic carbocycles. The number of ether oxygens (including phenoxy) is 3. The molecule has 1 amide bonds. The first-order valence-electron chi connectivity index (χ1n) is 12.6. The number of hydrogen-bond acceptors (Lipinski definition) is 6. The maximum Gasteiger partial charge on any atom is 0.295 e. The quantitative estimate of drug-likeness (QED) is 0.300. The second-order valence-electron chi connectivity index (χ2n) is 9.89. The van der Waals surface area contributed by atoms with Crippen molar-refractivity contribution in [2.45, 2.75) is 52.2 Å². The first-order chi connectivity index (χ1) is 17.3. The summed E-state index contributed by atoms with van der Waals surface area (Å²) in [4.78, 5) is 28.0. The van der Waals surface area contributed by atoms with E-state index in [4.69, 9.17) is 14.2 Å². The molecule has 0 spiro atoms. The van der Waals surface area contributed by atoms with Crippen LogP contribution in [0.5, 0.6) is 11.5 Å². The summed E-state index contributed by atoms with van der Waals surface area (Å²) in [7, 11) is 1.56. The van der Waals surface area contributed by atoms with Gasteiger partial charge in [0.25, 0.3) is 11.7 Å². The average Bonchev–Trinajstić information content (AvgIpc) is 3.46. The van der Waals surface area contributed by atoms with Gasteiger partial charge in [-0.3, -0.25) is 9.59 Å². The second kappa shape index (κ2) is 11.2. The van der Waals surface area contributed by atoms with Crippen LogP contribution >= 0.6 is 0 Å². The lowest BCUT2D eigenvalue weighted by Crippen LogP contribution is -2.36. The zero-order chi connectivity index (χ0) is 25.8. The second-order valence-corrected chi connectivity index (χ2v) is 9.89. The summed E-state index contributed by atoms with van der Waals surface area (Å²) in [5.74, 6) is 0.0810. The topological polar surface area (TPSA) is 85.3 Å². The number of ketones is 1. The lowest BCUT2D eigenvalue weighted by molar-refractivity contribution is -0.140. The van der Waals surface area contributed by atoms with Crippen LogP contribution in [0, 0.1) is 12.8 Å². The van der Waals surface area contributed by atoms with Crippen LogP contribution in [0.4, 0.5) is 0 Å². The number of Topliss-reactive ketones (excluding diaryl/α,β-unsaturated/α-hetero) is 1. The average molecular weight is 494 g/mol. The monoisotopic (exact) mass is 493 g/mol. The van der Waals surface area contributed by atoms with Crippen molar-refractivity contribution < 1.29 is 28.9 Å². The van der Waals surface area contributed by atoms with Crippen molar-refractivity contribution in [2.24, 2.45) is 5.92 Å². The number of aliphatic hydroxyl groups is 1. The largest absolute Gasteiger partial charge is 0.507 e. The van der Waals surface area contributed by atoms with Crippen molar-refractivity contribution in [3.63, 3.8) is 0 Å². The number of hydrogen-bond donors (Lipinski definition) is 1. The molecule has 192 valence electrons. The molecular formula is C29H35NO6. The van der Waals surface area contributed by atoms with Gasteiger partial charge in [-0.2, -0.15) is 0 Å². The fraction of sp³-hybridized carbons (Fsp3) is 0.448. The Kier molecular flexibility index (Phi) is 7.99. The van der Waals surface area contributed by atoms with E-state index in [0.29, 0.717) is 41.8 Å². The fourth-order valence-electron chi connectivity index (χ4n) is 4.67. The molecule has 2 aliphatic heterocycles. The number of rotatable bonds is 9. The number of carbonyl (C=O) groups excluding carboxylic acids is 2. The normalized spacial score (nSPS) is 21.4. The highest BCUT2D eigenvalue weighted by atomic mass is 16.5. The van der Waals surface area contributed by atoms with Crippen molar-refractivity contribution in [3.05, 3.63) is 64.7 Å². The molecule has 1 N–H and O–H groups in total. The van der Waals surface area contributed by atoms with E-state index in [2.05, 4.69) is 13.8 Å². The molecule has 2 aromatic rings. The van der Waals surface area contributed by atoms with Crippen molar-refractivity contribution in [1.82, 2.24) is 4.90 Å². The van der Waals surface area contributed by atoms with Gasteiger partial charge in [-0.15, -0.1) is 0 Å². The Bertz CT molecular complexity index is 1130. The minimum atomic E-state index is -0.769. The molecule has 2 saturated heterocycles. The summed E-state index contributed by atoms with van der Waals surface area (Å²) in [5.41, 5.74) is 2.24. The molecule has 7 heteroatoms. The van der Waals surface area contributed by atoms with Crippen LogP contribution in [0.3, 0.4) is 0 Å². The Morgan fingerprint density at radius 1 is 1.14 bits per heavy atom. The van der Waals surface area contributed by atoms with Crippen LogP contribution in [0.1, 0.15) is 55.8 Å². The summed E-state index contributed by atoms with van der Waals surface area (Å²) in [5, 5.41) is 11.3. The molecule has 0 radical (unpaired) electrons. The third-order valence-corrected chi connectivity index (χ3v) is 6.75. The van der Waals surface area contributed by atoms with E-state index in [1.165, 1.54) is 4.90 Å². The summed E-state index contributed by atoms with van der Waals surface area (Å²) in [6.07, 6.45) is 2.49. The van der Waals surface area contributed by atoms with Crippen LogP contribution in [-0.4, -0.2) is 54.7 Å². The van der Waals surface area contributed by atoms with E-state index in [0.717, 1.165) is 24.8 Å². The SMILES string of the molecule is COc1cc(C2/C(=C(\O)c3ccc(C)cc3)C(=O)C(=O)N2CC2CCCO2)ccc1OCCC(C)C. The summed E-state index contributed by atoms with van der Waals surface area (Å²) in [6, 6.07) is 11.9. The molecule has 7 nitrogen and oxygen atoms in total. The van der Waals surface area contributed by atoms with E-state index < -0.39 is 17.7 Å². The van der Waals surface area contributed by atoms with E-state index in [1.54, 1.807) is 31.4 Å². The summed E-state index contributed by atoms with van der Waals surface area (Å²) >= 11 is 0. The first kappa shape index (κ1) is 25.8.